The Bertz CT molecular complexity index is 1140. The number of nitriles is 1. The van der Waals surface area contributed by atoms with E-state index in [-0.39, 0.29) is 11.4 Å². The summed E-state index contributed by atoms with van der Waals surface area (Å²) in [6.07, 6.45) is -4.74. The van der Waals surface area contributed by atoms with Crippen LogP contribution in [-0.2, 0) is 11.0 Å². The van der Waals surface area contributed by atoms with Crippen molar-refractivity contribution in [2.75, 3.05) is 11.1 Å². The number of amides is 1. The molecule has 2 N–H and O–H groups in total. The number of benzene rings is 3. The fourth-order valence-corrected chi connectivity index (χ4v) is 3.72. The Kier molecular flexibility index (Phi) is 6.06. The van der Waals surface area contributed by atoms with Crippen molar-refractivity contribution in [1.29, 1.82) is 5.26 Å². The average Bonchev–Trinajstić information content (AvgIpc) is 2.71. The molecule has 0 heterocycles. The molecule has 1 atom stereocenters. The molecule has 3 rings (SSSR count). The molecule has 0 radical (unpaired) electrons. The Balaban J connectivity index is 1.71. The number of hydrogen-bond acceptors (Lipinski definition) is 4. The number of carbonyl (C=O) groups excluding carboxylic acids is 1. The zero-order valence-electron chi connectivity index (χ0n) is 15.8. The Morgan fingerprint density at radius 2 is 1.80 bits per heavy atom. The lowest BCUT2D eigenvalue weighted by atomic mass is 10.1. The first kappa shape index (κ1) is 21.7. The predicted molar refractivity (Wildman–Crippen MR) is 110 cm³/mol. The minimum atomic E-state index is -4.74. The van der Waals surface area contributed by atoms with E-state index in [0.717, 1.165) is 21.7 Å². The number of nitrogens with zero attached hydrogens (tertiary/aromatic N) is 1. The number of anilines is 1. The number of nitrogens with one attached hydrogen (secondary N) is 1. The van der Waals surface area contributed by atoms with Crippen molar-refractivity contribution in [2.45, 2.75) is 23.6 Å². The van der Waals surface area contributed by atoms with Crippen LogP contribution < -0.4 is 5.32 Å². The predicted octanol–water partition coefficient (Wildman–Crippen LogP) is 5.21. The van der Waals surface area contributed by atoms with Gasteiger partial charge >= 0.3 is 6.18 Å². The molecule has 0 bridgehead atoms. The second-order valence-corrected chi connectivity index (χ2v) is 7.94. The maximum absolute atomic E-state index is 13.1. The summed E-state index contributed by atoms with van der Waals surface area (Å²) in [6.45, 7) is 1.30. The van der Waals surface area contributed by atoms with Crippen molar-refractivity contribution in [1.82, 2.24) is 0 Å². The number of thioether (sulfide) groups is 1. The molecule has 0 spiro atoms. The number of aliphatic hydroxyl groups is 1. The van der Waals surface area contributed by atoms with Gasteiger partial charge in [-0.25, -0.2) is 0 Å². The average molecular weight is 430 g/mol. The molecule has 154 valence electrons. The molecule has 0 aromatic heterocycles. The molecule has 0 fully saturated rings. The molecule has 0 aliphatic heterocycles. The van der Waals surface area contributed by atoms with Gasteiger partial charge in [-0.3, -0.25) is 4.79 Å². The number of fused-ring (bicyclic) bond motifs is 1. The van der Waals surface area contributed by atoms with E-state index in [9.17, 15) is 23.1 Å². The van der Waals surface area contributed by atoms with Gasteiger partial charge < -0.3 is 10.4 Å². The summed E-state index contributed by atoms with van der Waals surface area (Å²) in [5.41, 5.74) is -3.67. The molecular formula is C22H17F3N2O2S. The maximum Gasteiger partial charge on any atom is 0.417 e. The van der Waals surface area contributed by atoms with Crippen LogP contribution in [0.3, 0.4) is 0 Å². The first-order valence-corrected chi connectivity index (χ1v) is 9.85. The van der Waals surface area contributed by atoms with Crippen LogP contribution in [0.2, 0.25) is 0 Å². The van der Waals surface area contributed by atoms with Crippen molar-refractivity contribution in [2.24, 2.45) is 0 Å². The molecular weight excluding hydrogens is 413 g/mol. The summed E-state index contributed by atoms with van der Waals surface area (Å²) in [4.78, 5) is 13.3. The maximum atomic E-state index is 13.1. The fourth-order valence-electron chi connectivity index (χ4n) is 2.77. The smallest absolute Gasteiger partial charge is 0.379 e. The minimum Gasteiger partial charge on any atom is -0.379 e. The number of hydrogen-bond donors (Lipinski definition) is 2. The van der Waals surface area contributed by atoms with E-state index in [1.54, 1.807) is 0 Å². The molecule has 1 unspecified atom stereocenters. The van der Waals surface area contributed by atoms with E-state index in [0.29, 0.717) is 6.07 Å². The lowest BCUT2D eigenvalue weighted by Gasteiger charge is -2.22. The monoisotopic (exact) mass is 430 g/mol. The van der Waals surface area contributed by atoms with Gasteiger partial charge in [0.15, 0.2) is 0 Å². The highest BCUT2D eigenvalue weighted by molar-refractivity contribution is 7.99. The Morgan fingerprint density at radius 3 is 2.47 bits per heavy atom. The lowest BCUT2D eigenvalue weighted by Crippen LogP contribution is -2.42. The van der Waals surface area contributed by atoms with Gasteiger partial charge in [0, 0.05) is 16.3 Å². The quantitative estimate of drug-likeness (QED) is 0.545. The van der Waals surface area contributed by atoms with E-state index in [1.807, 2.05) is 42.5 Å². The number of rotatable bonds is 5. The second-order valence-electron chi connectivity index (χ2n) is 6.90. The Morgan fingerprint density at radius 1 is 1.10 bits per heavy atom. The van der Waals surface area contributed by atoms with E-state index in [4.69, 9.17) is 5.26 Å². The van der Waals surface area contributed by atoms with Gasteiger partial charge in [0.25, 0.3) is 5.91 Å². The highest BCUT2D eigenvalue weighted by Gasteiger charge is 2.35. The summed E-state index contributed by atoms with van der Waals surface area (Å²) in [7, 11) is 0. The summed E-state index contributed by atoms with van der Waals surface area (Å²) in [6, 6.07) is 17.8. The van der Waals surface area contributed by atoms with Gasteiger partial charge in [-0.15, -0.1) is 11.8 Å². The first-order chi connectivity index (χ1) is 14.1. The molecule has 3 aromatic rings. The number of carbonyl (C=O) groups is 1. The van der Waals surface area contributed by atoms with Crippen molar-refractivity contribution in [3.63, 3.8) is 0 Å². The van der Waals surface area contributed by atoms with Crippen LogP contribution in [0.15, 0.2) is 65.6 Å². The Hall–Kier alpha value is -3.02. The van der Waals surface area contributed by atoms with E-state index >= 15 is 0 Å². The van der Waals surface area contributed by atoms with E-state index < -0.39 is 28.8 Å². The van der Waals surface area contributed by atoms with Crippen LogP contribution in [0.4, 0.5) is 18.9 Å². The van der Waals surface area contributed by atoms with Gasteiger partial charge in [0.1, 0.15) is 5.60 Å². The molecule has 4 nitrogen and oxygen atoms in total. The third-order valence-corrected chi connectivity index (χ3v) is 5.73. The SMILES string of the molecule is CC(O)(CSc1ccc2ccccc2c1)C(=O)Nc1ccc(C#N)c(C(F)(F)F)c1. The van der Waals surface area contributed by atoms with Gasteiger partial charge in [-0.2, -0.15) is 18.4 Å². The van der Waals surface area contributed by atoms with Crippen LogP contribution in [0, 0.1) is 11.3 Å². The van der Waals surface area contributed by atoms with Crippen molar-refractivity contribution in [3.05, 3.63) is 71.8 Å². The van der Waals surface area contributed by atoms with Crippen LogP contribution in [-0.4, -0.2) is 22.4 Å². The van der Waals surface area contributed by atoms with Crippen LogP contribution in [0.5, 0.6) is 0 Å². The van der Waals surface area contributed by atoms with E-state index in [2.05, 4.69) is 5.32 Å². The highest BCUT2D eigenvalue weighted by atomic mass is 32.2. The molecule has 1 amide bonds. The third kappa shape index (κ3) is 4.93. The fraction of sp³-hybridized carbons (Fsp3) is 0.182. The molecule has 8 heteroatoms. The molecule has 0 saturated carbocycles. The zero-order valence-corrected chi connectivity index (χ0v) is 16.6. The van der Waals surface area contributed by atoms with Gasteiger partial charge in [-0.05, 0) is 48.0 Å². The van der Waals surface area contributed by atoms with Crippen molar-refractivity contribution in [3.8, 4) is 6.07 Å². The first-order valence-electron chi connectivity index (χ1n) is 8.87. The normalized spacial score (nSPS) is 13.5. The molecule has 0 aliphatic carbocycles. The van der Waals surface area contributed by atoms with Crippen LogP contribution >= 0.6 is 11.8 Å². The third-order valence-electron chi connectivity index (χ3n) is 4.43. The van der Waals surface area contributed by atoms with Crippen molar-refractivity contribution < 1.29 is 23.1 Å². The zero-order chi connectivity index (χ0) is 21.9. The van der Waals surface area contributed by atoms with E-state index in [1.165, 1.54) is 30.8 Å². The minimum absolute atomic E-state index is 0.000416. The van der Waals surface area contributed by atoms with Crippen LogP contribution in [0.25, 0.3) is 10.8 Å². The topological polar surface area (TPSA) is 73.1 Å². The van der Waals surface area contributed by atoms with Gasteiger partial charge in [0.2, 0.25) is 0 Å². The summed E-state index contributed by atoms with van der Waals surface area (Å²) >= 11 is 1.26. The standard InChI is InChI=1S/C22H17F3N2O2S/c1-21(29,13-30-18-9-7-14-4-2-3-5-15(14)10-18)20(28)27-17-8-6-16(12-26)19(11-17)22(23,24)25/h2-11,29H,13H2,1H3,(H,27,28). The van der Waals surface area contributed by atoms with Crippen molar-refractivity contribution >= 4 is 34.1 Å². The number of alkyl halides is 3. The molecule has 30 heavy (non-hydrogen) atoms. The highest BCUT2D eigenvalue weighted by Crippen LogP contribution is 2.34. The molecule has 0 saturated heterocycles. The summed E-state index contributed by atoms with van der Waals surface area (Å²) in [5, 5.41) is 23.8. The van der Waals surface area contributed by atoms with Crippen LogP contribution in [0.1, 0.15) is 18.1 Å². The summed E-state index contributed by atoms with van der Waals surface area (Å²) in [5.74, 6) is -0.840. The molecule has 0 aliphatic rings. The summed E-state index contributed by atoms with van der Waals surface area (Å²) < 4.78 is 39.3. The number of halogens is 3. The van der Waals surface area contributed by atoms with Gasteiger partial charge in [0.05, 0.1) is 17.2 Å². The molecule has 3 aromatic carbocycles. The lowest BCUT2D eigenvalue weighted by molar-refractivity contribution is -0.137. The van der Waals surface area contributed by atoms with Gasteiger partial charge in [-0.1, -0.05) is 30.3 Å². The largest absolute Gasteiger partial charge is 0.417 e. The Labute approximate surface area is 175 Å². The second kappa shape index (κ2) is 8.38.